The SMILES string of the molecule is CCc1nn(-c2ccccc2)c2nc(-c3ccccc3)nc(SC(CC)C(=O)Nc3cccc(C)c3C)c12. The van der Waals surface area contributed by atoms with Gasteiger partial charge in [-0.15, -0.1) is 0 Å². The molecule has 192 valence electrons. The summed E-state index contributed by atoms with van der Waals surface area (Å²) >= 11 is 1.49. The lowest BCUT2D eigenvalue weighted by atomic mass is 10.1. The number of aryl methyl sites for hydroxylation is 2. The minimum absolute atomic E-state index is 0.0345. The van der Waals surface area contributed by atoms with Crippen LogP contribution in [0.1, 0.15) is 37.1 Å². The van der Waals surface area contributed by atoms with E-state index in [-0.39, 0.29) is 11.2 Å². The number of fused-ring (bicyclic) bond motifs is 1. The van der Waals surface area contributed by atoms with Crippen molar-refractivity contribution >= 4 is 34.4 Å². The summed E-state index contributed by atoms with van der Waals surface area (Å²) in [5.41, 5.74) is 6.58. The van der Waals surface area contributed by atoms with Gasteiger partial charge in [0.1, 0.15) is 5.03 Å². The maximum atomic E-state index is 13.5. The highest BCUT2D eigenvalue weighted by Crippen LogP contribution is 2.35. The fourth-order valence-corrected chi connectivity index (χ4v) is 5.48. The van der Waals surface area contributed by atoms with Gasteiger partial charge in [0, 0.05) is 11.3 Å². The van der Waals surface area contributed by atoms with Crippen molar-refractivity contribution in [2.75, 3.05) is 5.32 Å². The van der Waals surface area contributed by atoms with Crippen LogP contribution in [0.2, 0.25) is 0 Å². The second-order valence-electron chi connectivity index (χ2n) is 9.22. The van der Waals surface area contributed by atoms with E-state index in [1.54, 1.807) is 0 Å². The molecule has 0 saturated heterocycles. The van der Waals surface area contributed by atoms with Crippen molar-refractivity contribution in [2.24, 2.45) is 0 Å². The summed E-state index contributed by atoms with van der Waals surface area (Å²) in [6.07, 6.45) is 1.38. The Kier molecular flexibility index (Phi) is 7.56. The summed E-state index contributed by atoms with van der Waals surface area (Å²) in [5.74, 6) is 0.581. The van der Waals surface area contributed by atoms with Crippen molar-refractivity contribution in [2.45, 2.75) is 50.8 Å². The molecule has 0 aliphatic rings. The van der Waals surface area contributed by atoms with E-state index < -0.39 is 0 Å². The van der Waals surface area contributed by atoms with E-state index in [1.165, 1.54) is 11.8 Å². The molecule has 0 radical (unpaired) electrons. The summed E-state index contributed by atoms with van der Waals surface area (Å²) in [4.78, 5) is 23.5. The number of aromatic nitrogens is 4. The van der Waals surface area contributed by atoms with E-state index >= 15 is 0 Å². The van der Waals surface area contributed by atoms with E-state index in [1.807, 2.05) is 91.3 Å². The molecule has 0 aliphatic heterocycles. The molecule has 7 heteroatoms. The van der Waals surface area contributed by atoms with Crippen molar-refractivity contribution in [3.8, 4) is 17.1 Å². The Bertz CT molecular complexity index is 1580. The van der Waals surface area contributed by atoms with Crippen LogP contribution in [0, 0.1) is 13.8 Å². The highest BCUT2D eigenvalue weighted by Gasteiger charge is 2.25. The highest BCUT2D eigenvalue weighted by molar-refractivity contribution is 8.00. The maximum absolute atomic E-state index is 13.5. The van der Waals surface area contributed by atoms with Crippen LogP contribution in [-0.4, -0.2) is 30.9 Å². The predicted molar refractivity (Wildman–Crippen MR) is 156 cm³/mol. The van der Waals surface area contributed by atoms with E-state index in [2.05, 4.69) is 25.2 Å². The third-order valence-electron chi connectivity index (χ3n) is 6.71. The van der Waals surface area contributed by atoms with Crippen LogP contribution in [0.25, 0.3) is 28.1 Å². The Morgan fingerprint density at radius 2 is 1.63 bits per heavy atom. The van der Waals surface area contributed by atoms with E-state index in [0.717, 1.165) is 56.2 Å². The predicted octanol–water partition coefficient (Wildman–Crippen LogP) is 7.17. The van der Waals surface area contributed by atoms with Gasteiger partial charge in [0.2, 0.25) is 5.91 Å². The zero-order valence-corrected chi connectivity index (χ0v) is 22.9. The number of amides is 1. The fourth-order valence-electron chi connectivity index (χ4n) is 4.41. The first-order chi connectivity index (χ1) is 18.5. The number of para-hydroxylation sites is 1. The molecule has 0 fully saturated rings. The largest absolute Gasteiger partial charge is 0.325 e. The molecule has 1 atom stereocenters. The normalized spacial score (nSPS) is 12.0. The number of carbonyl (C=O) groups excluding carboxylic acids is 1. The van der Waals surface area contributed by atoms with Crippen LogP contribution in [-0.2, 0) is 11.2 Å². The molecule has 3 aromatic carbocycles. The number of carbonyl (C=O) groups is 1. The second kappa shape index (κ2) is 11.2. The summed E-state index contributed by atoms with van der Waals surface area (Å²) in [6.45, 7) is 8.20. The van der Waals surface area contributed by atoms with Gasteiger partial charge >= 0.3 is 0 Å². The zero-order valence-electron chi connectivity index (χ0n) is 22.1. The van der Waals surface area contributed by atoms with E-state index in [4.69, 9.17) is 15.1 Å². The number of nitrogens with one attached hydrogen (secondary N) is 1. The van der Waals surface area contributed by atoms with Crippen LogP contribution in [0.15, 0.2) is 83.9 Å². The molecule has 6 nitrogen and oxygen atoms in total. The van der Waals surface area contributed by atoms with Crippen LogP contribution in [0.3, 0.4) is 0 Å². The molecule has 2 aromatic heterocycles. The summed E-state index contributed by atoms with van der Waals surface area (Å²) in [5, 5.41) is 9.44. The van der Waals surface area contributed by atoms with Gasteiger partial charge in [0.25, 0.3) is 0 Å². The first-order valence-electron chi connectivity index (χ1n) is 12.9. The lowest BCUT2D eigenvalue weighted by Crippen LogP contribution is -2.25. The zero-order chi connectivity index (χ0) is 26.6. The summed E-state index contributed by atoms with van der Waals surface area (Å²) in [7, 11) is 0. The quantitative estimate of drug-likeness (QED) is 0.173. The topological polar surface area (TPSA) is 72.7 Å². The number of anilines is 1. The average Bonchev–Trinajstić information content (AvgIpc) is 3.34. The van der Waals surface area contributed by atoms with E-state index in [0.29, 0.717) is 12.2 Å². The molecule has 38 heavy (non-hydrogen) atoms. The Labute approximate surface area is 227 Å². The van der Waals surface area contributed by atoms with Crippen LogP contribution in [0.4, 0.5) is 5.69 Å². The third kappa shape index (κ3) is 5.07. The third-order valence-corrected chi connectivity index (χ3v) is 8.06. The summed E-state index contributed by atoms with van der Waals surface area (Å²) in [6, 6.07) is 25.9. The Hall–Kier alpha value is -3.97. The van der Waals surface area contributed by atoms with Crippen LogP contribution < -0.4 is 5.32 Å². The molecular formula is C31H31N5OS. The second-order valence-corrected chi connectivity index (χ2v) is 10.4. The number of rotatable bonds is 8. The lowest BCUT2D eigenvalue weighted by Gasteiger charge is -2.17. The van der Waals surface area contributed by atoms with Crippen LogP contribution in [0.5, 0.6) is 0 Å². The van der Waals surface area contributed by atoms with Gasteiger partial charge in [0.15, 0.2) is 11.5 Å². The molecule has 5 rings (SSSR count). The maximum Gasteiger partial charge on any atom is 0.237 e. The van der Waals surface area contributed by atoms with Gasteiger partial charge in [-0.2, -0.15) is 5.10 Å². The first kappa shape index (κ1) is 25.7. The van der Waals surface area contributed by atoms with Crippen LogP contribution >= 0.6 is 11.8 Å². The van der Waals surface area contributed by atoms with Gasteiger partial charge < -0.3 is 5.32 Å². The van der Waals surface area contributed by atoms with Gasteiger partial charge in [-0.3, -0.25) is 4.79 Å². The first-order valence-corrected chi connectivity index (χ1v) is 13.8. The lowest BCUT2D eigenvalue weighted by molar-refractivity contribution is -0.115. The Morgan fingerprint density at radius 1 is 0.921 bits per heavy atom. The minimum atomic E-state index is -0.332. The monoisotopic (exact) mass is 521 g/mol. The molecule has 1 amide bonds. The van der Waals surface area contributed by atoms with Crippen molar-refractivity contribution in [1.29, 1.82) is 0 Å². The average molecular weight is 522 g/mol. The molecule has 0 spiro atoms. The Balaban J connectivity index is 1.61. The standard InChI is InChI=1S/C31H31N5OS/c1-5-24-27-29(36(35-24)23-17-11-8-12-18-23)33-28(22-15-9-7-10-16-22)34-31(27)38-26(6-2)30(37)32-25-19-13-14-20(3)21(25)4/h7-19,26H,5-6H2,1-4H3,(H,32,37). The fraction of sp³-hybridized carbons (Fsp3) is 0.226. The molecule has 0 aliphatic carbocycles. The molecule has 0 saturated carbocycles. The number of hydrogen-bond acceptors (Lipinski definition) is 5. The summed E-state index contributed by atoms with van der Waals surface area (Å²) < 4.78 is 1.89. The number of hydrogen-bond donors (Lipinski definition) is 1. The number of thioether (sulfide) groups is 1. The molecule has 2 heterocycles. The van der Waals surface area contributed by atoms with Crippen molar-refractivity contribution in [3.05, 3.63) is 95.7 Å². The molecular weight excluding hydrogens is 490 g/mol. The Morgan fingerprint density at radius 3 is 2.32 bits per heavy atom. The van der Waals surface area contributed by atoms with Gasteiger partial charge in [-0.1, -0.05) is 86.3 Å². The number of benzene rings is 3. The van der Waals surface area contributed by atoms with Crippen molar-refractivity contribution < 1.29 is 4.79 Å². The van der Waals surface area contributed by atoms with Gasteiger partial charge in [-0.25, -0.2) is 14.6 Å². The highest BCUT2D eigenvalue weighted by atomic mass is 32.2. The molecule has 0 bridgehead atoms. The smallest absolute Gasteiger partial charge is 0.237 e. The van der Waals surface area contributed by atoms with E-state index in [9.17, 15) is 4.79 Å². The molecule has 1 N–H and O–H groups in total. The van der Waals surface area contributed by atoms with Gasteiger partial charge in [0.05, 0.1) is 22.0 Å². The van der Waals surface area contributed by atoms with Gasteiger partial charge in [-0.05, 0) is 56.0 Å². The van der Waals surface area contributed by atoms with Crippen molar-refractivity contribution in [3.63, 3.8) is 0 Å². The minimum Gasteiger partial charge on any atom is -0.325 e. The molecule has 5 aromatic rings. The molecule has 1 unspecified atom stereocenters. The van der Waals surface area contributed by atoms with Crippen molar-refractivity contribution in [1.82, 2.24) is 19.7 Å². The number of nitrogens with zero attached hydrogens (tertiary/aromatic N) is 4.